The molecule has 0 radical (unpaired) electrons. The molecule has 0 amide bonds. The van der Waals surface area contributed by atoms with E-state index in [1.54, 1.807) is 36.7 Å². The Balaban J connectivity index is 1.45. The average Bonchev–Trinajstić information content (AvgIpc) is 2.95. The van der Waals surface area contributed by atoms with Crippen LogP contribution in [-0.2, 0) is 12.8 Å². The van der Waals surface area contributed by atoms with Crippen LogP contribution in [0.3, 0.4) is 0 Å². The van der Waals surface area contributed by atoms with E-state index in [0.717, 1.165) is 31.2 Å². The van der Waals surface area contributed by atoms with Crippen LogP contribution in [0.4, 0.5) is 4.39 Å². The monoisotopic (exact) mass is 532 g/mol. The third-order valence-corrected chi connectivity index (χ3v) is 7.17. The van der Waals surface area contributed by atoms with Gasteiger partial charge in [0.05, 0.1) is 11.1 Å². The number of halogens is 1. The van der Waals surface area contributed by atoms with Crippen LogP contribution in [0.5, 0.6) is 5.75 Å². The Bertz CT molecular complexity index is 1110. The highest BCUT2D eigenvalue weighted by Gasteiger charge is 2.13. The molecule has 3 rings (SSSR count). The van der Waals surface area contributed by atoms with Crippen LogP contribution in [0, 0.1) is 5.82 Å². The van der Waals surface area contributed by atoms with Gasteiger partial charge in [-0.25, -0.2) is 19.2 Å². The highest BCUT2D eigenvalue weighted by molar-refractivity contribution is 5.91. The summed E-state index contributed by atoms with van der Waals surface area (Å²) >= 11 is 0. The molecule has 2 aromatic carbocycles. The van der Waals surface area contributed by atoms with E-state index in [4.69, 9.17) is 4.74 Å². The maximum atomic E-state index is 14.9. The fourth-order valence-corrected chi connectivity index (χ4v) is 4.73. The number of benzene rings is 2. The maximum Gasteiger partial charge on any atom is 0.343 e. The Kier molecular flexibility index (Phi) is 13.7. The molecule has 0 unspecified atom stereocenters. The van der Waals surface area contributed by atoms with Crippen molar-refractivity contribution in [3.05, 3.63) is 77.4 Å². The van der Waals surface area contributed by atoms with Crippen molar-refractivity contribution in [2.24, 2.45) is 0 Å². The fraction of sp³-hybridized carbons (Fsp3) is 0.500. The smallest absolute Gasteiger partial charge is 0.343 e. The molecule has 0 aliphatic rings. The Morgan fingerprint density at radius 3 is 1.79 bits per heavy atom. The molecule has 210 valence electrons. The van der Waals surface area contributed by atoms with Crippen molar-refractivity contribution >= 4 is 5.97 Å². The maximum absolute atomic E-state index is 14.9. The second kappa shape index (κ2) is 17.5. The van der Waals surface area contributed by atoms with Gasteiger partial charge in [0.2, 0.25) is 0 Å². The summed E-state index contributed by atoms with van der Waals surface area (Å²) in [5, 5.41) is 0. The molecule has 39 heavy (non-hydrogen) atoms. The van der Waals surface area contributed by atoms with Crippen LogP contribution in [0.2, 0.25) is 0 Å². The van der Waals surface area contributed by atoms with Gasteiger partial charge in [-0.15, -0.1) is 0 Å². The van der Waals surface area contributed by atoms with Crippen LogP contribution in [-0.4, -0.2) is 15.9 Å². The molecule has 0 saturated carbocycles. The zero-order valence-electron chi connectivity index (χ0n) is 23.9. The SMILES string of the molecule is CCCCCCCCCCc1cnc(-c2ccc(OC(=O)c3ccc(CCCCCCC)cc3)cc2F)nc1. The summed E-state index contributed by atoms with van der Waals surface area (Å²) in [7, 11) is 0. The number of rotatable bonds is 18. The van der Waals surface area contributed by atoms with E-state index in [1.165, 1.54) is 82.3 Å². The quantitative estimate of drug-likeness (QED) is 0.0929. The van der Waals surface area contributed by atoms with Gasteiger partial charge >= 0.3 is 5.97 Å². The second-order valence-electron chi connectivity index (χ2n) is 10.5. The summed E-state index contributed by atoms with van der Waals surface area (Å²) < 4.78 is 20.3. The van der Waals surface area contributed by atoms with Crippen LogP contribution < -0.4 is 4.74 Å². The van der Waals surface area contributed by atoms with Gasteiger partial charge in [-0.3, -0.25) is 0 Å². The third kappa shape index (κ3) is 10.9. The zero-order valence-corrected chi connectivity index (χ0v) is 23.9. The first kappa shape index (κ1) is 30.5. The molecule has 4 nitrogen and oxygen atoms in total. The Labute approximate surface area is 234 Å². The molecule has 3 aromatic rings. The first-order chi connectivity index (χ1) is 19.1. The van der Waals surface area contributed by atoms with Crippen molar-refractivity contribution in [2.75, 3.05) is 0 Å². The van der Waals surface area contributed by atoms with Gasteiger partial charge < -0.3 is 4.74 Å². The number of ether oxygens (including phenoxy) is 1. The zero-order chi connectivity index (χ0) is 27.7. The Morgan fingerprint density at radius 1 is 0.692 bits per heavy atom. The number of aryl methyl sites for hydroxylation is 2. The van der Waals surface area contributed by atoms with Crippen molar-refractivity contribution in [1.82, 2.24) is 9.97 Å². The fourth-order valence-electron chi connectivity index (χ4n) is 4.73. The van der Waals surface area contributed by atoms with Crippen LogP contribution in [0.15, 0.2) is 54.9 Å². The standard InChI is InChI=1S/C34H45FN2O2/c1-3-5-7-9-10-11-13-15-17-28-25-36-33(37-26-28)31-23-22-30(24-32(31)35)39-34(38)29-20-18-27(19-21-29)16-14-12-8-6-4-2/h18-26H,3-17H2,1-2H3. The first-order valence-corrected chi connectivity index (χ1v) is 15.0. The van der Waals surface area contributed by atoms with Crippen molar-refractivity contribution in [3.8, 4) is 17.1 Å². The predicted octanol–water partition coefficient (Wildman–Crippen LogP) is 9.70. The molecule has 0 atom stereocenters. The van der Waals surface area contributed by atoms with Crippen LogP contribution in [0.25, 0.3) is 11.4 Å². The Hall–Kier alpha value is -3.08. The number of nitrogens with zero attached hydrogens (tertiary/aromatic N) is 2. The van der Waals surface area contributed by atoms with Gasteiger partial charge in [0.1, 0.15) is 11.6 Å². The number of unbranched alkanes of at least 4 members (excludes halogenated alkanes) is 11. The molecule has 1 aromatic heterocycles. The van der Waals surface area contributed by atoms with E-state index in [0.29, 0.717) is 11.4 Å². The van der Waals surface area contributed by atoms with Crippen molar-refractivity contribution in [2.45, 2.75) is 110 Å². The number of hydrogen-bond acceptors (Lipinski definition) is 4. The van der Waals surface area contributed by atoms with Gasteiger partial charge in [-0.2, -0.15) is 0 Å². The lowest BCUT2D eigenvalue weighted by Crippen LogP contribution is -2.09. The van der Waals surface area contributed by atoms with Crippen molar-refractivity contribution in [1.29, 1.82) is 0 Å². The summed E-state index contributed by atoms with van der Waals surface area (Å²) in [6, 6.07) is 11.8. The van der Waals surface area contributed by atoms with Crippen LogP contribution >= 0.6 is 0 Å². The second-order valence-corrected chi connectivity index (χ2v) is 10.5. The number of hydrogen-bond donors (Lipinski definition) is 0. The van der Waals surface area contributed by atoms with Gasteiger partial charge in [0.15, 0.2) is 5.82 Å². The summed E-state index contributed by atoms with van der Waals surface area (Å²) in [5.41, 5.74) is 3.02. The topological polar surface area (TPSA) is 52.1 Å². The molecule has 5 heteroatoms. The van der Waals surface area contributed by atoms with E-state index in [2.05, 4.69) is 23.8 Å². The molecule has 0 spiro atoms. The lowest BCUT2D eigenvalue weighted by atomic mass is 10.0. The number of carbonyl (C=O) groups is 1. The highest BCUT2D eigenvalue weighted by Crippen LogP contribution is 2.25. The van der Waals surface area contributed by atoms with Gasteiger partial charge in [0, 0.05) is 18.5 Å². The Morgan fingerprint density at radius 2 is 1.23 bits per heavy atom. The van der Waals surface area contributed by atoms with Gasteiger partial charge in [-0.05, 0) is 61.1 Å². The van der Waals surface area contributed by atoms with E-state index in [1.807, 2.05) is 12.1 Å². The largest absolute Gasteiger partial charge is 0.423 e. The average molecular weight is 533 g/mol. The minimum Gasteiger partial charge on any atom is -0.423 e. The lowest BCUT2D eigenvalue weighted by molar-refractivity contribution is 0.0734. The number of esters is 1. The van der Waals surface area contributed by atoms with E-state index >= 15 is 0 Å². The molecule has 0 N–H and O–H groups in total. The molecule has 1 heterocycles. The van der Waals surface area contributed by atoms with E-state index in [9.17, 15) is 9.18 Å². The molecule has 0 fully saturated rings. The minimum absolute atomic E-state index is 0.160. The van der Waals surface area contributed by atoms with Crippen molar-refractivity contribution < 1.29 is 13.9 Å². The molecular weight excluding hydrogens is 487 g/mol. The van der Waals surface area contributed by atoms with Crippen molar-refractivity contribution in [3.63, 3.8) is 0 Å². The molecule has 0 aliphatic carbocycles. The number of carbonyl (C=O) groups excluding carboxylic acids is 1. The summed E-state index contributed by atoms with van der Waals surface area (Å²) in [6.07, 6.45) is 21.9. The highest BCUT2D eigenvalue weighted by atomic mass is 19.1. The normalized spacial score (nSPS) is 11.1. The molecule has 0 saturated heterocycles. The third-order valence-electron chi connectivity index (χ3n) is 7.17. The first-order valence-electron chi connectivity index (χ1n) is 15.0. The van der Waals surface area contributed by atoms with E-state index < -0.39 is 11.8 Å². The van der Waals surface area contributed by atoms with Gasteiger partial charge in [-0.1, -0.05) is 96.6 Å². The van der Waals surface area contributed by atoms with Gasteiger partial charge in [0.25, 0.3) is 0 Å². The van der Waals surface area contributed by atoms with E-state index in [-0.39, 0.29) is 11.3 Å². The molecule has 0 aliphatic heterocycles. The number of aromatic nitrogens is 2. The predicted molar refractivity (Wildman–Crippen MR) is 158 cm³/mol. The summed E-state index contributed by atoms with van der Waals surface area (Å²) in [6.45, 7) is 4.46. The molecular formula is C34H45FN2O2. The minimum atomic E-state index is -0.519. The molecule has 0 bridgehead atoms. The lowest BCUT2D eigenvalue weighted by Gasteiger charge is -2.08. The summed E-state index contributed by atoms with van der Waals surface area (Å²) in [5.74, 6) is -0.532. The van der Waals surface area contributed by atoms with Crippen LogP contribution in [0.1, 0.15) is 119 Å². The summed E-state index contributed by atoms with van der Waals surface area (Å²) in [4.78, 5) is 21.3.